The molecule has 1 fully saturated rings. The average Bonchev–Trinajstić information content (AvgIpc) is 2.95. The summed E-state index contributed by atoms with van der Waals surface area (Å²) in [6.07, 6.45) is 4.75. The first-order chi connectivity index (χ1) is 18.5. The van der Waals surface area contributed by atoms with Gasteiger partial charge in [-0.2, -0.15) is 0 Å². The van der Waals surface area contributed by atoms with Crippen LogP contribution in [0.4, 0.5) is 0 Å². The normalized spacial score (nSPS) is 16.1. The van der Waals surface area contributed by atoms with Crippen molar-refractivity contribution >= 4 is 11.8 Å². The van der Waals surface area contributed by atoms with Crippen LogP contribution < -0.4 is 0 Å². The number of carboxylic acids is 1. The van der Waals surface area contributed by atoms with E-state index in [1.54, 1.807) is 38.1 Å². The number of aliphatic carboxylic acids is 1. The van der Waals surface area contributed by atoms with E-state index < -0.39 is 11.4 Å². The summed E-state index contributed by atoms with van der Waals surface area (Å²) in [6.45, 7) is 11.3. The molecule has 1 aliphatic heterocycles. The molecule has 0 saturated carbocycles. The molecule has 0 unspecified atom stereocenters. The van der Waals surface area contributed by atoms with E-state index in [0.29, 0.717) is 17.5 Å². The van der Waals surface area contributed by atoms with Crippen LogP contribution in [0.15, 0.2) is 84.9 Å². The molecule has 206 valence electrons. The Hall–Kier alpha value is -3.24. The number of carbonyl (C=O) groups excluding carboxylic acids is 1. The standard InChI is InChI=1S/C35H43NO3/c1-33(2,32(38)39)28-19-17-27(18-20-28)31(37)16-11-23-36-24-21-34(3,22-25-36)26-35(4,29-12-7-5-8-13-29)30-14-9-6-10-15-30/h5-10,12-15,17-20H,11,16,21-26H2,1-4H3,(H,38,39). The van der Waals surface area contributed by atoms with Gasteiger partial charge in [0.05, 0.1) is 5.41 Å². The lowest BCUT2D eigenvalue weighted by Gasteiger charge is -2.45. The van der Waals surface area contributed by atoms with Gasteiger partial charge >= 0.3 is 5.97 Å². The quantitative estimate of drug-likeness (QED) is 0.263. The summed E-state index contributed by atoms with van der Waals surface area (Å²) in [7, 11) is 0. The van der Waals surface area contributed by atoms with Crippen LogP contribution in [0.3, 0.4) is 0 Å². The van der Waals surface area contributed by atoms with Gasteiger partial charge in [-0.1, -0.05) is 98.8 Å². The second kappa shape index (κ2) is 11.9. The van der Waals surface area contributed by atoms with Crippen molar-refractivity contribution in [3.63, 3.8) is 0 Å². The average molecular weight is 526 g/mol. The van der Waals surface area contributed by atoms with Crippen LogP contribution in [0.1, 0.15) is 86.8 Å². The highest BCUT2D eigenvalue weighted by Crippen LogP contribution is 2.46. The van der Waals surface area contributed by atoms with E-state index in [1.165, 1.54) is 11.1 Å². The highest BCUT2D eigenvalue weighted by molar-refractivity contribution is 5.96. The zero-order valence-electron chi connectivity index (χ0n) is 24.0. The second-order valence-electron chi connectivity index (χ2n) is 12.4. The van der Waals surface area contributed by atoms with Crippen LogP contribution >= 0.6 is 0 Å². The number of nitrogens with zero attached hydrogens (tertiary/aromatic N) is 1. The van der Waals surface area contributed by atoms with E-state index in [-0.39, 0.29) is 16.6 Å². The Morgan fingerprint density at radius 1 is 0.795 bits per heavy atom. The predicted molar refractivity (Wildman–Crippen MR) is 158 cm³/mol. The van der Waals surface area contributed by atoms with Crippen molar-refractivity contribution in [3.05, 3.63) is 107 Å². The molecule has 3 aromatic rings. The number of benzene rings is 3. The minimum Gasteiger partial charge on any atom is -0.481 e. The fourth-order valence-electron chi connectivity index (χ4n) is 6.13. The molecular formula is C35H43NO3. The number of carbonyl (C=O) groups is 2. The van der Waals surface area contributed by atoms with Crippen LogP contribution in [-0.2, 0) is 15.6 Å². The monoisotopic (exact) mass is 525 g/mol. The number of hydrogen-bond donors (Lipinski definition) is 1. The molecule has 3 aromatic carbocycles. The van der Waals surface area contributed by atoms with Gasteiger partial charge in [0.15, 0.2) is 5.78 Å². The number of hydrogen-bond acceptors (Lipinski definition) is 3. The van der Waals surface area contributed by atoms with Crippen molar-refractivity contribution < 1.29 is 14.7 Å². The largest absolute Gasteiger partial charge is 0.481 e. The van der Waals surface area contributed by atoms with E-state index >= 15 is 0 Å². The Kier molecular flexibility index (Phi) is 8.76. The first-order valence-electron chi connectivity index (χ1n) is 14.2. The minimum atomic E-state index is -0.968. The van der Waals surface area contributed by atoms with Gasteiger partial charge in [-0.3, -0.25) is 9.59 Å². The van der Waals surface area contributed by atoms with Gasteiger partial charge in [-0.15, -0.1) is 0 Å². The number of carboxylic acid groups (broad SMARTS) is 1. The number of rotatable bonds is 11. The molecule has 4 nitrogen and oxygen atoms in total. The van der Waals surface area contributed by atoms with Crippen LogP contribution in [0.2, 0.25) is 0 Å². The zero-order chi connectivity index (χ0) is 28.1. The van der Waals surface area contributed by atoms with Gasteiger partial charge in [0.2, 0.25) is 0 Å². The third-order valence-electron chi connectivity index (χ3n) is 9.01. The maximum atomic E-state index is 12.8. The van der Waals surface area contributed by atoms with Crippen molar-refractivity contribution in [3.8, 4) is 0 Å². The molecule has 1 heterocycles. The second-order valence-corrected chi connectivity index (χ2v) is 12.4. The van der Waals surface area contributed by atoms with E-state index in [0.717, 1.165) is 45.3 Å². The smallest absolute Gasteiger partial charge is 0.313 e. The van der Waals surface area contributed by atoms with Crippen LogP contribution in [-0.4, -0.2) is 41.4 Å². The number of piperidine rings is 1. The third-order valence-corrected chi connectivity index (χ3v) is 9.01. The fraction of sp³-hybridized carbons (Fsp3) is 0.429. The predicted octanol–water partition coefficient (Wildman–Crippen LogP) is 7.51. The van der Waals surface area contributed by atoms with Gasteiger partial charge < -0.3 is 10.0 Å². The topological polar surface area (TPSA) is 57.6 Å². The molecule has 1 saturated heterocycles. The first kappa shape index (κ1) is 28.8. The van der Waals surface area contributed by atoms with Crippen molar-refractivity contribution in [1.29, 1.82) is 0 Å². The van der Waals surface area contributed by atoms with Crippen LogP contribution in [0.5, 0.6) is 0 Å². The van der Waals surface area contributed by atoms with E-state index in [9.17, 15) is 14.7 Å². The maximum Gasteiger partial charge on any atom is 0.313 e. The third kappa shape index (κ3) is 6.67. The van der Waals surface area contributed by atoms with Crippen LogP contribution in [0, 0.1) is 5.41 Å². The number of Topliss-reactive ketones (excluding diaryl/α,β-unsaturated/α-hetero) is 1. The molecule has 0 aromatic heterocycles. The Morgan fingerprint density at radius 3 is 1.79 bits per heavy atom. The lowest BCUT2D eigenvalue weighted by atomic mass is 9.63. The van der Waals surface area contributed by atoms with E-state index in [2.05, 4.69) is 79.4 Å². The molecule has 0 amide bonds. The molecule has 0 atom stereocenters. The summed E-state index contributed by atoms with van der Waals surface area (Å²) in [5.41, 5.74) is 3.35. The Morgan fingerprint density at radius 2 is 1.31 bits per heavy atom. The number of ketones is 1. The summed E-state index contributed by atoms with van der Waals surface area (Å²) in [5.74, 6) is -0.748. The first-order valence-corrected chi connectivity index (χ1v) is 14.2. The molecule has 0 bridgehead atoms. The van der Waals surface area contributed by atoms with Crippen molar-refractivity contribution in [2.75, 3.05) is 19.6 Å². The molecular weight excluding hydrogens is 482 g/mol. The molecule has 0 radical (unpaired) electrons. The van der Waals surface area contributed by atoms with Crippen molar-refractivity contribution in [1.82, 2.24) is 4.90 Å². The molecule has 0 aliphatic carbocycles. The van der Waals surface area contributed by atoms with Gasteiger partial charge in [0.1, 0.15) is 0 Å². The van der Waals surface area contributed by atoms with Gasteiger partial charge in [-0.05, 0) is 81.3 Å². The Bertz CT molecular complexity index is 1200. The Balaban J connectivity index is 1.31. The van der Waals surface area contributed by atoms with Crippen molar-refractivity contribution in [2.24, 2.45) is 5.41 Å². The molecule has 1 aliphatic rings. The van der Waals surface area contributed by atoms with Gasteiger partial charge in [-0.25, -0.2) is 0 Å². The molecule has 1 N–H and O–H groups in total. The number of likely N-dealkylation sites (tertiary alicyclic amines) is 1. The summed E-state index contributed by atoms with van der Waals surface area (Å²) in [4.78, 5) is 26.8. The Labute approximate surface area is 234 Å². The van der Waals surface area contributed by atoms with Gasteiger partial charge in [0, 0.05) is 17.4 Å². The summed E-state index contributed by atoms with van der Waals surface area (Å²) < 4.78 is 0. The lowest BCUT2D eigenvalue weighted by Crippen LogP contribution is -2.42. The van der Waals surface area contributed by atoms with E-state index in [4.69, 9.17) is 0 Å². The molecule has 0 spiro atoms. The molecule has 39 heavy (non-hydrogen) atoms. The SMILES string of the molecule is CC1(CC(C)(c2ccccc2)c2ccccc2)CCN(CCCC(=O)c2ccc(C(C)(C)C(=O)O)cc2)CC1. The summed E-state index contributed by atoms with van der Waals surface area (Å²) in [5, 5.41) is 9.43. The van der Waals surface area contributed by atoms with Crippen LogP contribution in [0.25, 0.3) is 0 Å². The maximum absolute atomic E-state index is 12.8. The minimum absolute atomic E-state index is 0.0406. The molecule has 4 heteroatoms. The molecule has 4 rings (SSSR count). The highest BCUT2D eigenvalue weighted by Gasteiger charge is 2.39. The summed E-state index contributed by atoms with van der Waals surface area (Å²) in [6, 6.07) is 28.9. The van der Waals surface area contributed by atoms with Crippen molar-refractivity contribution in [2.45, 2.75) is 70.6 Å². The highest BCUT2D eigenvalue weighted by atomic mass is 16.4. The van der Waals surface area contributed by atoms with E-state index in [1.807, 2.05) is 0 Å². The van der Waals surface area contributed by atoms with Gasteiger partial charge in [0.25, 0.3) is 0 Å². The fourth-order valence-corrected chi connectivity index (χ4v) is 6.13. The summed E-state index contributed by atoms with van der Waals surface area (Å²) >= 11 is 0. The lowest BCUT2D eigenvalue weighted by molar-refractivity contribution is -0.142. The zero-order valence-corrected chi connectivity index (χ0v) is 24.0.